The van der Waals surface area contributed by atoms with Gasteiger partial charge in [0.05, 0.1) is 6.61 Å². The van der Waals surface area contributed by atoms with E-state index in [4.69, 9.17) is 10.8 Å². The number of nitrogens with zero attached hydrogens (tertiary/aromatic N) is 2. The van der Waals surface area contributed by atoms with Crippen LogP contribution >= 0.6 is 0 Å². The first-order chi connectivity index (χ1) is 9.74. The molecule has 112 valence electrons. The van der Waals surface area contributed by atoms with Crippen LogP contribution < -0.4 is 5.73 Å². The fraction of sp³-hybridized carbons (Fsp3) is 0.600. The van der Waals surface area contributed by atoms with E-state index in [-0.39, 0.29) is 18.5 Å². The second-order valence-electron chi connectivity index (χ2n) is 5.26. The summed E-state index contributed by atoms with van der Waals surface area (Å²) < 4.78 is 13.0. The van der Waals surface area contributed by atoms with E-state index in [9.17, 15) is 4.39 Å². The van der Waals surface area contributed by atoms with Crippen LogP contribution in [0, 0.1) is 5.82 Å². The van der Waals surface area contributed by atoms with Gasteiger partial charge in [0.1, 0.15) is 5.82 Å². The Kier molecular flexibility index (Phi) is 5.91. The minimum absolute atomic E-state index is 0.143. The fourth-order valence-corrected chi connectivity index (χ4v) is 2.85. The van der Waals surface area contributed by atoms with E-state index >= 15 is 0 Å². The Morgan fingerprint density at radius 3 is 2.55 bits per heavy atom. The summed E-state index contributed by atoms with van der Waals surface area (Å²) >= 11 is 0. The van der Waals surface area contributed by atoms with Crippen LogP contribution in [0.2, 0.25) is 0 Å². The number of rotatable bonds is 5. The predicted octanol–water partition coefficient (Wildman–Crippen LogP) is 0.826. The summed E-state index contributed by atoms with van der Waals surface area (Å²) in [5.74, 6) is -0.213. The Labute approximate surface area is 120 Å². The van der Waals surface area contributed by atoms with Gasteiger partial charge in [-0.15, -0.1) is 0 Å². The molecule has 0 spiro atoms. The average Bonchev–Trinajstić information content (AvgIpc) is 2.68. The van der Waals surface area contributed by atoms with Crippen molar-refractivity contribution >= 4 is 0 Å². The zero-order chi connectivity index (χ0) is 14.4. The standard InChI is InChI=1S/C15H24FN3O/c16-14-4-2-13(3-5-14)15(12-17)19-7-1-6-18(8-9-19)10-11-20/h2-5,15,20H,1,6-12,17H2. The third-order valence-corrected chi connectivity index (χ3v) is 3.96. The molecule has 0 aliphatic carbocycles. The van der Waals surface area contributed by atoms with Gasteiger partial charge < -0.3 is 10.8 Å². The van der Waals surface area contributed by atoms with Crippen LogP contribution in [0.5, 0.6) is 0 Å². The van der Waals surface area contributed by atoms with Crippen molar-refractivity contribution in [3.8, 4) is 0 Å². The number of aliphatic hydroxyl groups excluding tert-OH is 1. The van der Waals surface area contributed by atoms with E-state index < -0.39 is 0 Å². The summed E-state index contributed by atoms with van der Waals surface area (Å²) in [6, 6.07) is 6.78. The summed E-state index contributed by atoms with van der Waals surface area (Å²) in [7, 11) is 0. The Morgan fingerprint density at radius 1 is 1.15 bits per heavy atom. The van der Waals surface area contributed by atoms with Crippen LogP contribution in [-0.2, 0) is 0 Å². The van der Waals surface area contributed by atoms with Crippen LogP contribution in [0.4, 0.5) is 4.39 Å². The molecule has 4 nitrogen and oxygen atoms in total. The van der Waals surface area contributed by atoms with E-state index in [1.807, 2.05) is 12.1 Å². The first-order valence-electron chi connectivity index (χ1n) is 7.27. The number of β-amino-alcohol motifs (C(OH)–C–C–N with tert-alkyl or cyclic N) is 1. The highest BCUT2D eigenvalue weighted by molar-refractivity contribution is 5.20. The molecule has 0 aromatic heterocycles. The quantitative estimate of drug-likeness (QED) is 0.839. The molecule has 1 aromatic carbocycles. The molecule has 1 aliphatic heterocycles. The lowest BCUT2D eigenvalue weighted by Crippen LogP contribution is -2.37. The van der Waals surface area contributed by atoms with Gasteiger partial charge in [-0.3, -0.25) is 9.80 Å². The summed E-state index contributed by atoms with van der Waals surface area (Å²) in [6.45, 7) is 5.35. The van der Waals surface area contributed by atoms with Gasteiger partial charge >= 0.3 is 0 Å². The van der Waals surface area contributed by atoms with Crippen LogP contribution in [0.3, 0.4) is 0 Å². The van der Waals surface area contributed by atoms with Gasteiger partial charge in [0.15, 0.2) is 0 Å². The van der Waals surface area contributed by atoms with Crippen LogP contribution in [0.25, 0.3) is 0 Å². The molecule has 1 fully saturated rings. The highest BCUT2D eigenvalue weighted by atomic mass is 19.1. The first kappa shape index (κ1) is 15.4. The van der Waals surface area contributed by atoms with Crippen molar-refractivity contribution in [2.75, 3.05) is 45.9 Å². The lowest BCUT2D eigenvalue weighted by atomic mass is 10.1. The zero-order valence-electron chi connectivity index (χ0n) is 11.8. The molecule has 1 aliphatic rings. The van der Waals surface area contributed by atoms with Crippen LogP contribution in [-0.4, -0.2) is 60.8 Å². The maximum absolute atomic E-state index is 13.0. The molecule has 0 saturated carbocycles. The topological polar surface area (TPSA) is 52.7 Å². The lowest BCUT2D eigenvalue weighted by molar-refractivity contribution is 0.182. The third-order valence-electron chi connectivity index (χ3n) is 3.96. The maximum atomic E-state index is 13.0. The Balaban J connectivity index is 2.02. The van der Waals surface area contributed by atoms with E-state index in [1.165, 1.54) is 12.1 Å². The predicted molar refractivity (Wildman–Crippen MR) is 77.9 cm³/mol. The number of nitrogens with two attached hydrogens (primary N) is 1. The Bertz CT molecular complexity index is 399. The molecule has 20 heavy (non-hydrogen) atoms. The third kappa shape index (κ3) is 3.99. The van der Waals surface area contributed by atoms with Gasteiger partial charge in [0, 0.05) is 38.8 Å². The highest BCUT2D eigenvalue weighted by Crippen LogP contribution is 2.21. The summed E-state index contributed by atoms with van der Waals surface area (Å²) in [6.07, 6.45) is 1.07. The number of aliphatic hydroxyl groups is 1. The molecule has 1 atom stereocenters. The van der Waals surface area contributed by atoms with E-state index in [2.05, 4.69) is 9.80 Å². The molecular formula is C15H24FN3O. The molecule has 2 rings (SSSR count). The summed E-state index contributed by atoms with van der Waals surface area (Å²) in [5, 5.41) is 9.02. The number of hydrogen-bond acceptors (Lipinski definition) is 4. The minimum atomic E-state index is -0.213. The summed E-state index contributed by atoms with van der Waals surface area (Å²) in [5.41, 5.74) is 7.00. The molecular weight excluding hydrogens is 257 g/mol. The molecule has 1 unspecified atom stereocenters. The largest absolute Gasteiger partial charge is 0.395 e. The minimum Gasteiger partial charge on any atom is -0.395 e. The molecule has 0 amide bonds. The van der Waals surface area contributed by atoms with Crippen molar-refractivity contribution in [1.29, 1.82) is 0 Å². The van der Waals surface area contributed by atoms with Gasteiger partial charge in [-0.05, 0) is 30.7 Å². The van der Waals surface area contributed by atoms with Crippen LogP contribution in [0.1, 0.15) is 18.0 Å². The molecule has 3 N–H and O–H groups in total. The maximum Gasteiger partial charge on any atom is 0.123 e. The second kappa shape index (κ2) is 7.69. The van der Waals surface area contributed by atoms with Crippen molar-refractivity contribution in [1.82, 2.24) is 9.80 Å². The SMILES string of the molecule is NCC(c1ccc(F)cc1)N1CCCN(CCO)CC1. The average molecular weight is 281 g/mol. The van der Waals surface area contributed by atoms with Crippen molar-refractivity contribution in [2.24, 2.45) is 5.73 Å². The van der Waals surface area contributed by atoms with Crippen molar-refractivity contribution in [2.45, 2.75) is 12.5 Å². The van der Waals surface area contributed by atoms with E-state index in [0.29, 0.717) is 6.54 Å². The van der Waals surface area contributed by atoms with Crippen molar-refractivity contribution < 1.29 is 9.50 Å². The van der Waals surface area contributed by atoms with Gasteiger partial charge in [-0.2, -0.15) is 0 Å². The summed E-state index contributed by atoms with van der Waals surface area (Å²) in [4.78, 5) is 4.64. The molecule has 1 saturated heterocycles. The Hall–Kier alpha value is -1.01. The van der Waals surface area contributed by atoms with Crippen molar-refractivity contribution in [3.63, 3.8) is 0 Å². The normalized spacial score (nSPS) is 19.8. The number of hydrogen-bond donors (Lipinski definition) is 2. The number of benzene rings is 1. The molecule has 1 heterocycles. The van der Waals surface area contributed by atoms with E-state index in [0.717, 1.165) is 44.7 Å². The fourth-order valence-electron chi connectivity index (χ4n) is 2.85. The lowest BCUT2D eigenvalue weighted by Gasteiger charge is -2.30. The highest BCUT2D eigenvalue weighted by Gasteiger charge is 2.22. The first-order valence-corrected chi connectivity index (χ1v) is 7.27. The zero-order valence-corrected chi connectivity index (χ0v) is 11.8. The van der Waals surface area contributed by atoms with Gasteiger partial charge in [-0.1, -0.05) is 12.1 Å². The van der Waals surface area contributed by atoms with Crippen molar-refractivity contribution in [3.05, 3.63) is 35.6 Å². The van der Waals surface area contributed by atoms with Gasteiger partial charge in [0.25, 0.3) is 0 Å². The van der Waals surface area contributed by atoms with Gasteiger partial charge in [-0.25, -0.2) is 4.39 Å². The molecule has 0 radical (unpaired) electrons. The van der Waals surface area contributed by atoms with Gasteiger partial charge in [0.2, 0.25) is 0 Å². The molecule has 1 aromatic rings. The van der Waals surface area contributed by atoms with Crippen LogP contribution in [0.15, 0.2) is 24.3 Å². The monoisotopic (exact) mass is 281 g/mol. The number of halogens is 1. The smallest absolute Gasteiger partial charge is 0.123 e. The molecule has 5 heteroatoms. The van der Waals surface area contributed by atoms with E-state index in [1.54, 1.807) is 0 Å². The second-order valence-corrected chi connectivity index (χ2v) is 5.26. The molecule has 0 bridgehead atoms. The Morgan fingerprint density at radius 2 is 1.90 bits per heavy atom.